The fourth-order valence-corrected chi connectivity index (χ4v) is 4.75. The number of aliphatic hydroxyl groups is 1. The van der Waals surface area contributed by atoms with Gasteiger partial charge in [0.2, 0.25) is 5.91 Å². The zero-order chi connectivity index (χ0) is 21.7. The van der Waals surface area contributed by atoms with Gasteiger partial charge in [0.15, 0.2) is 11.6 Å². The van der Waals surface area contributed by atoms with E-state index in [4.69, 9.17) is 0 Å². The Balaban J connectivity index is 1.61. The van der Waals surface area contributed by atoms with Gasteiger partial charge in [0, 0.05) is 19.6 Å². The SMILES string of the molecule is CCCCN1CC(Cc2ccc(F)c(F)c2)CCC1NC(=O)C1CCCN(C)C1O. The highest BCUT2D eigenvalue weighted by molar-refractivity contribution is 5.79. The van der Waals surface area contributed by atoms with Gasteiger partial charge in [0.25, 0.3) is 0 Å². The second-order valence-electron chi connectivity index (χ2n) is 8.91. The van der Waals surface area contributed by atoms with E-state index >= 15 is 0 Å². The summed E-state index contributed by atoms with van der Waals surface area (Å²) in [5.74, 6) is -1.74. The van der Waals surface area contributed by atoms with E-state index in [0.29, 0.717) is 18.8 Å². The Kier molecular flexibility index (Phi) is 8.20. The Bertz CT molecular complexity index is 718. The molecule has 1 aromatic carbocycles. The highest BCUT2D eigenvalue weighted by atomic mass is 19.2. The average Bonchev–Trinajstić information content (AvgIpc) is 2.72. The normalized spacial score (nSPS) is 28.4. The number of unbranched alkanes of at least 4 members (excludes halogenated alkanes) is 1. The number of nitrogens with one attached hydrogen (secondary N) is 1. The minimum atomic E-state index is -0.815. The Hall–Kier alpha value is -1.57. The Morgan fingerprint density at radius 3 is 2.77 bits per heavy atom. The summed E-state index contributed by atoms with van der Waals surface area (Å²) >= 11 is 0. The fourth-order valence-electron chi connectivity index (χ4n) is 4.75. The highest BCUT2D eigenvalue weighted by Gasteiger charge is 2.36. The standard InChI is InChI=1S/C23H35F2N3O2/c1-3-4-12-28-15-17(13-16-7-9-19(24)20(25)14-16)8-10-21(28)26-22(29)18-6-5-11-27(2)23(18)30/h7,9,14,17-18,21,23,30H,3-6,8,10-13,15H2,1-2H3,(H,26,29). The number of halogens is 2. The molecule has 0 radical (unpaired) electrons. The van der Waals surface area contributed by atoms with Crippen molar-refractivity contribution >= 4 is 5.91 Å². The number of hydrogen-bond acceptors (Lipinski definition) is 4. The first-order valence-corrected chi connectivity index (χ1v) is 11.3. The van der Waals surface area contributed by atoms with Gasteiger partial charge in [-0.05, 0) is 69.2 Å². The molecule has 3 rings (SSSR count). The van der Waals surface area contributed by atoms with Gasteiger partial charge in [0.1, 0.15) is 6.23 Å². The van der Waals surface area contributed by atoms with Crippen molar-refractivity contribution in [3.63, 3.8) is 0 Å². The first kappa shape index (κ1) is 23.1. The lowest BCUT2D eigenvalue weighted by atomic mass is 9.89. The number of rotatable bonds is 7. The minimum absolute atomic E-state index is 0.0373. The van der Waals surface area contributed by atoms with Crippen LogP contribution in [0, 0.1) is 23.5 Å². The lowest BCUT2D eigenvalue weighted by molar-refractivity contribution is -0.140. The first-order chi connectivity index (χ1) is 14.4. The van der Waals surface area contributed by atoms with Gasteiger partial charge in [0.05, 0.1) is 12.1 Å². The van der Waals surface area contributed by atoms with E-state index in [-0.39, 0.29) is 12.1 Å². The van der Waals surface area contributed by atoms with Crippen LogP contribution >= 0.6 is 0 Å². The summed E-state index contributed by atoms with van der Waals surface area (Å²) in [5.41, 5.74) is 0.810. The molecule has 1 amide bonds. The summed E-state index contributed by atoms with van der Waals surface area (Å²) in [6.45, 7) is 4.66. The van der Waals surface area contributed by atoms with Crippen LogP contribution < -0.4 is 5.32 Å². The van der Waals surface area contributed by atoms with Gasteiger partial charge < -0.3 is 10.4 Å². The number of aliphatic hydroxyl groups excluding tert-OH is 1. The molecule has 1 aromatic rings. The summed E-state index contributed by atoms with van der Waals surface area (Å²) in [6, 6.07) is 4.14. The van der Waals surface area contributed by atoms with Gasteiger partial charge in [-0.15, -0.1) is 0 Å². The van der Waals surface area contributed by atoms with Gasteiger partial charge in [-0.25, -0.2) is 8.78 Å². The summed E-state index contributed by atoms with van der Waals surface area (Å²) in [4.78, 5) is 17.0. The molecule has 2 saturated heterocycles. The van der Waals surface area contributed by atoms with Crippen molar-refractivity contribution in [1.29, 1.82) is 0 Å². The Morgan fingerprint density at radius 2 is 2.03 bits per heavy atom. The third kappa shape index (κ3) is 5.77. The van der Waals surface area contributed by atoms with Crippen molar-refractivity contribution in [2.75, 3.05) is 26.7 Å². The van der Waals surface area contributed by atoms with E-state index in [2.05, 4.69) is 17.1 Å². The molecule has 0 aromatic heterocycles. The third-order valence-electron chi connectivity index (χ3n) is 6.57. The van der Waals surface area contributed by atoms with Gasteiger partial charge >= 0.3 is 0 Å². The van der Waals surface area contributed by atoms with Crippen molar-refractivity contribution < 1.29 is 18.7 Å². The van der Waals surface area contributed by atoms with Crippen LogP contribution in [0.25, 0.3) is 0 Å². The molecule has 2 aliphatic heterocycles. The summed E-state index contributed by atoms with van der Waals surface area (Å²) in [5, 5.41) is 13.6. The van der Waals surface area contributed by atoms with Crippen molar-refractivity contribution in [3.8, 4) is 0 Å². The maximum Gasteiger partial charge on any atom is 0.228 e. The van der Waals surface area contributed by atoms with E-state index in [0.717, 1.165) is 57.3 Å². The van der Waals surface area contributed by atoms with E-state index in [9.17, 15) is 18.7 Å². The molecule has 0 saturated carbocycles. The zero-order valence-electron chi connectivity index (χ0n) is 18.1. The molecular weight excluding hydrogens is 388 g/mol. The summed E-state index contributed by atoms with van der Waals surface area (Å²) in [7, 11) is 1.85. The predicted molar refractivity (Wildman–Crippen MR) is 113 cm³/mol. The molecule has 5 nitrogen and oxygen atoms in total. The van der Waals surface area contributed by atoms with Gasteiger partial charge in [-0.3, -0.25) is 14.6 Å². The third-order valence-corrected chi connectivity index (χ3v) is 6.57. The highest BCUT2D eigenvalue weighted by Crippen LogP contribution is 2.27. The quantitative estimate of drug-likeness (QED) is 0.708. The number of piperidine rings is 2. The number of nitrogens with zero attached hydrogens (tertiary/aromatic N) is 2. The molecule has 0 bridgehead atoms. The van der Waals surface area contributed by atoms with Crippen molar-refractivity contribution in [2.45, 2.75) is 64.3 Å². The number of amides is 1. The van der Waals surface area contributed by atoms with Crippen molar-refractivity contribution in [3.05, 3.63) is 35.4 Å². The first-order valence-electron chi connectivity index (χ1n) is 11.3. The number of hydrogen-bond donors (Lipinski definition) is 2. The zero-order valence-corrected chi connectivity index (χ0v) is 18.1. The fraction of sp³-hybridized carbons (Fsp3) is 0.696. The van der Waals surface area contributed by atoms with Crippen molar-refractivity contribution in [1.82, 2.24) is 15.1 Å². The molecule has 2 fully saturated rings. The summed E-state index contributed by atoms with van der Waals surface area (Å²) < 4.78 is 26.8. The van der Waals surface area contributed by atoms with E-state index in [1.54, 1.807) is 6.07 Å². The number of carbonyl (C=O) groups is 1. The number of benzene rings is 1. The van der Waals surface area contributed by atoms with E-state index in [1.807, 2.05) is 11.9 Å². The second kappa shape index (κ2) is 10.6. The minimum Gasteiger partial charge on any atom is -0.378 e. The van der Waals surface area contributed by atoms with Crippen LogP contribution in [0.5, 0.6) is 0 Å². The number of carbonyl (C=O) groups excluding carboxylic acids is 1. The molecule has 2 heterocycles. The Labute approximate surface area is 178 Å². The van der Waals surface area contributed by atoms with Crippen LogP contribution in [0.2, 0.25) is 0 Å². The van der Waals surface area contributed by atoms with Crippen molar-refractivity contribution in [2.24, 2.45) is 11.8 Å². The topological polar surface area (TPSA) is 55.8 Å². The second-order valence-corrected chi connectivity index (χ2v) is 8.91. The largest absolute Gasteiger partial charge is 0.378 e. The van der Waals surface area contributed by atoms with Crippen LogP contribution in [-0.2, 0) is 11.2 Å². The molecule has 7 heteroatoms. The van der Waals surface area contributed by atoms with Crippen LogP contribution in [0.15, 0.2) is 18.2 Å². The molecule has 0 aliphatic carbocycles. The molecule has 0 spiro atoms. The average molecular weight is 424 g/mol. The number of likely N-dealkylation sites (tertiary alicyclic amines) is 2. The molecule has 30 heavy (non-hydrogen) atoms. The molecule has 168 valence electrons. The van der Waals surface area contributed by atoms with Crippen LogP contribution in [0.3, 0.4) is 0 Å². The monoisotopic (exact) mass is 423 g/mol. The van der Waals surface area contributed by atoms with Gasteiger partial charge in [-0.2, -0.15) is 0 Å². The van der Waals surface area contributed by atoms with E-state index < -0.39 is 23.8 Å². The lowest BCUT2D eigenvalue weighted by Crippen LogP contribution is -2.57. The summed E-state index contributed by atoms with van der Waals surface area (Å²) in [6.07, 6.45) is 5.40. The molecular formula is C23H35F2N3O2. The van der Waals surface area contributed by atoms with Gasteiger partial charge in [-0.1, -0.05) is 19.4 Å². The Morgan fingerprint density at radius 1 is 1.23 bits per heavy atom. The molecule has 4 atom stereocenters. The van der Waals surface area contributed by atoms with Crippen LogP contribution in [0.1, 0.15) is 51.0 Å². The molecule has 2 aliphatic rings. The maximum absolute atomic E-state index is 13.6. The molecule has 4 unspecified atom stereocenters. The predicted octanol–water partition coefficient (Wildman–Crippen LogP) is 3.12. The molecule has 2 N–H and O–H groups in total. The lowest BCUT2D eigenvalue weighted by Gasteiger charge is -2.42. The van der Waals surface area contributed by atoms with Crippen LogP contribution in [-0.4, -0.2) is 59.9 Å². The smallest absolute Gasteiger partial charge is 0.228 e. The van der Waals surface area contributed by atoms with Crippen LogP contribution in [0.4, 0.5) is 8.78 Å². The van der Waals surface area contributed by atoms with E-state index in [1.165, 1.54) is 12.1 Å². The maximum atomic E-state index is 13.6.